The molecular weight excluding hydrogens is 676 g/mol. The van der Waals surface area contributed by atoms with Crippen LogP contribution in [0, 0.1) is 0 Å². The van der Waals surface area contributed by atoms with Gasteiger partial charge in [-0.2, -0.15) is 4.37 Å². The fourth-order valence-corrected chi connectivity index (χ4v) is 8.62. The second-order valence-electron chi connectivity index (χ2n) is 9.96. The van der Waals surface area contributed by atoms with Gasteiger partial charge in [0.25, 0.3) is 0 Å². The average Bonchev–Trinajstić information content (AvgIpc) is 3.69. The zero-order chi connectivity index (χ0) is 27.5. The van der Waals surface area contributed by atoms with Crippen molar-refractivity contribution in [2.45, 2.75) is 97.1 Å². The van der Waals surface area contributed by atoms with E-state index in [9.17, 15) is 0 Å². The minimum atomic E-state index is -0.324. The van der Waals surface area contributed by atoms with Gasteiger partial charge in [-0.15, -0.1) is 22.7 Å². The van der Waals surface area contributed by atoms with Crippen LogP contribution in [0.15, 0.2) is 38.0 Å². The SMILES string of the molecule is CCCCCCCCOC1C(c2ccc(Br)s2)=c2sncc2=C(c2ccc(Br)s2)N1OCCCCCCCC. The molecule has 0 aromatic carbocycles. The summed E-state index contributed by atoms with van der Waals surface area (Å²) < 4.78 is 14.8. The van der Waals surface area contributed by atoms with Crippen molar-refractivity contribution in [3.8, 4) is 0 Å². The van der Waals surface area contributed by atoms with Gasteiger partial charge in [0, 0.05) is 22.3 Å². The van der Waals surface area contributed by atoms with Gasteiger partial charge in [-0.3, -0.25) is 4.84 Å². The molecule has 4 nitrogen and oxygen atoms in total. The van der Waals surface area contributed by atoms with Gasteiger partial charge in [-0.05, 0) is 80.5 Å². The summed E-state index contributed by atoms with van der Waals surface area (Å²) in [7, 11) is 0. The van der Waals surface area contributed by atoms with E-state index in [0.717, 1.165) is 41.8 Å². The van der Waals surface area contributed by atoms with E-state index >= 15 is 0 Å². The molecule has 0 fully saturated rings. The lowest BCUT2D eigenvalue weighted by molar-refractivity contribution is -0.194. The molecule has 0 N–H and O–H groups in total. The molecule has 0 saturated carbocycles. The topological polar surface area (TPSA) is 34.6 Å². The Morgan fingerprint density at radius 3 is 1.97 bits per heavy atom. The lowest BCUT2D eigenvalue weighted by Crippen LogP contribution is -2.48. The lowest BCUT2D eigenvalue weighted by atomic mass is 10.1. The van der Waals surface area contributed by atoms with Gasteiger partial charge in [0.15, 0.2) is 6.23 Å². The number of hydrogen-bond donors (Lipinski definition) is 0. The quantitative estimate of drug-likeness (QED) is 0.123. The van der Waals surface area contributed by atoms with Gasteiger partial charge >= 0.3 is 0 Å². The van der Waals surface area contributed by atoms with Crippen LogP contribution in [0.1, 0.15) is 101 Å². The predicted octanol–water partition coefficient (Wildman–Crippen LogP) is 9.46. The number of fused-ring (bicyclic) bond motifs is 1. The molecule has 0 aliphatic carbocycles. The Labute approximate surface area is 262 Å². The van der Waals surface area contributed by atoms with E-state index in [1.54, 1.807) is 34.2 Å². The van der Waals surface area contributed by atoms with Crippen LogP contribution in [0.5, 0.6) is 0 Å². The van der Waals surface area contributed by atoms with Crippen molar-refractivity contribution in [2.75, 3.05) is 13.2 Å². The first kappa shape index (κ1) is 31.4. The molecule has 9 heteroatoms. The number of hydrogen-bond acceptors (Lipinski definition) is 7. The first-order valence-electron chi connectivity index (χ1n) is 14.4. The summed E-state index contributed by atoms with van der Waals surface area (Å²) in [4.78, 5) is 9.04. The number of nitrogens with zero attached hydrogens (tertiary/aromatic N) is 2. The fourth-order valence-electron chi connectivity index (χ4n) is 4.85. The molecule has 0 bridgehead atoms. The normalized spacial score (nSPS) is 15.4. The van der Waals surface area contributed by atoms with E-state index in [-0.39, 0.29) is 6.23 Å². The maximum atomic E-state index is 6.78. The molecule has 4 rings (SSSR count). The Morgan fingerprint density at radius 2 is 1.36 bits per heavy atom. The predicted molar refractivity (Wildman–Crippen MR) is 175 cm³/mol. The summed E-state index contributed by atoms with van der Waals surface area (Å²) in [5.41, 5.74) is 2.23. The second-order valence-corrected chi connectivity index (χ2v) is 15.7. The Morgan fingerprint density at radius 1 is 0.769 bits per heavy atom. The highest BCUT2D eigenvalue weighted by molar-refractivity contribution is 9.11. The van der Waals surface area contributed by atoms with Gasteiger partial charge in [-0.25, -0.2) is 5.06 Å². The largest absolute Gasteiger partial charge is 0.352 e. The molecule has 0 amide bonds. The number of unbranched alkanes of at least 4 members (excludes halogenated alkanes) is 10. The number of halogens is 2. The molecule has 214 valence electrons. The summed E-state index contributed by atoms with van der Waals surface area (Å²) in [6, 6.07) is 8.59. The number of ether oxygens (including phenoxy) is 1. The monoisotopic (exact) mass is 714 g/mol. The minimum Gasteiger partial charge on any atom is -0.352 e. The van der Waals surface area contributed by atoms with E-state index in [0.29, 0.717) is 13.2 Å². The van der Waals surface area contributed by atoms with Crippen molar-refractivity contribution in [2.24, 2.45) is 0 Å². The maximum absolute atomic E-state index is 6.78. The van der Waals surface area contributed by atoms with Crippen LogP contribution < -0.4 is 9.75 Å². The van der Waals surface area contributed by atoms with Crippen LogP contribution in [0.3, 0.4) is 0 Å². The first-order valence-corrected chi connectivity index (χ1v) is 18.4. The third kappa shape index (κ3) is 8.72. The summed E-state index contributed by atoms with van der Waals surface area (Å²) in [6.45, 7) is 5.91. The Balaban J connectivity index is 1.64. The summed E-state index contributed by atoms with van der Waals surface area (Å²) in [5.74, 6) is 0. The highest BCUT2D eigenvalue weighted by Gasteiger charge is 2.35. The van der Waals surface area contributed by atoms with E-state index < -0.39 is 0 Å². The summed E-state index contributed by atoms with van der Waals surface area (Å²) >= 11 is 12.4. The van der Waals surface area contributed by atoms with Crippen LogP contribution in [0.2, 0.25) is 0 Å². The van der Waals surface area contributed by atoms with Crippen LogP contribution in [-0.4, -0.2) is 28.9 Å². The van der Waals surface area contributed by atoms with Crippen molar-refractivity contribution in [1.82, 2.24) is 9.44 Å². The van der Waals surface area contributed by atoms with E-state index in [2.05, 4.69) is 79.4 Å². The van der Waals surface area contributed by atoms with E-state index in [1.165, 1.54) is 73.6 Å². The Kier molecular flexibility index (Phi) is 13.5. The first-order chi connectivity index (χ1) is 19.1. The molecule has 1 atom stereocenters. The molecule has 1 unspecified atom stereocenters. The number of aromatic nitrogens is 1. The van der Waals surface area contributed by atoms with Gasteiger partial charge in [-0.1, -0.05) is 78.1 Å². The van der Waals surface area contributed by atoms with Gasteiger partial charge in [0.05, 0.1) is 35.5 Å². The van der Waals surface area contributed by atoms with Crippen molar-refractivity contribution in [3.05, 3.63) is 57.5 Å². The van der Waals surface area contributed by atoms with E-state index in [1.807, 2.05) is 6.20 Å². The van der Waals surface area contributed by atoms with Gasteiger partial charge < -0.3 is 4.74 Å². The maximum Gasteiger partial charge on any atom is 0.183 e. The molecule has 1 aliphatic rings. The lowest BCUT2D eigenvalue weighted by Gasteiger charge is -2.36. The van der Waals surface area contributed by atoms with Crippen molar-refractivity contribution < 1.29 is 9.57 Å². The van der Waals surface area contributed by atoms with Crippen molar-refractivity contribution >= 4 is 77.3 Å². The summed E-state index contributed by atoms with van der Waals surface area (Å²) in [5, 5.41) is 3.19. The Hall–Kier alpha value is -0.550. The van der Waals surface area contributed by atoms with Crippen LogP contribution in [0.25, 0.3) is 11.3 Å². The van der Waals surface area contributed by atoms with Crippen LogP contribution in [0.4, 0.5) is 0 Å². The van der Waals surface area contributed by atoms with Gasteiger partial charge in [0.2, 0.25) is 0 Å². The third-order valence-electron chi connectivity index (χ3n) is 6.90. The zero-order valence-electron chi connectivity index (χ0n) is 23.1. The smallest absolute Gasteiger partial charge is 0.183 e. The molecule has 0 spiro atoms. The highest BCUT2D eigenvalue weighted by Crippen LogP contribution is 2.37. The molecule has 39 heavy (non-hydrogen) atoms. The summed E-state index contributed by atoms with van der Waals surface area (Å²) in [6.07, 6.45) is 16.5. The number of thiophene rings is 2. The minimum absolute atomic E-state index is 0.324. The number of hydroxylamine groups is 2. The molecule has 0 radical (unpaired) electrons. The number of rotatable bonds is 18. The zero-order valence-corrected chi connectivity index (χ0v) is 28.7. The van der Waals surface area contributed by atoms with E-state index in [4.69, 9.17) is 9.57 Å². The molecule has 0 saturated heterocycles. The highest BCUT2D eigenvalue weighted by atomic mass is 79.9. The molecule has 4 heterocycles. The standard InChI is InChI=1S/C30H40Br2N2O2S3/c1-3-5-7-9-11-13-19-35-30-27(23-15-17-25(31)37-23)29-22(21-33-39-29)28(24-16-18-26(32)38-24)34(30)36-20-14-12-10-8-6-4-2/h15-18,21,30H,3-14,19-20H2,1-2H3. The Bertz CT molecular complexity index is 1170. The van der Waals surface area contributed by atoms with Gasteiger partial charge in [0.1, 0.15) is 0 Å². The molecular formula is C30H40Br2N2O2S3. The fraction of sp³-hybridized carbons (Fsp3) is 0.567. The third-order valence-corrected chi connectivity index (χ3v) is 11.0. The van der Waals surface area contributed by atoms with Crippen molar-refractivity contribution in [3.63, 3.8) is 0 Å². The van der Waals surface area contributed by atoms with Crippen LogP contribution in [-0.2, 0) is 9.57 Å². The average molecular weight is 717 g/mol. The van der Waals surface area contributed by atoms with Crippen molar-refractivity contribution in [1.29, 1.82) is 0 Å². The molecule has 1 aliphatic heterocycles. The van der Waals surface area contributed by atoms with Crippen LogP contribution >= 0.6 is 66.1 Å². The second kappa shape index (κ2) is 16.8. The molecule has 3 aromatic heterocycles. The molecule has 3 aromatic rings.